The van der Waals surface area contributed by atoms with Gasteiger partial charge in [0.25, 0.3) is 0 Å². The highest BCUT2D eigenvalue weighted by Crippen LogP contribution is 2.25. The van der Waals surface area contributed by atoms with E-state index in [1.54, 1.807) is 0 Å². The van der Waals surface area contributed by atoms with Gasteiger partial charge in [-0.15, -0.1) is 0 Å². The molecule has 0 heterocycles. The summed E-state index contributed by atoms with van der Waals surface area (Å²) in [6.07, 6.45) is 0.897. The molecule has 0 aliphatic carbocycles. The molecule has 1 aromatic carbocycles. The predicted molar refractivity (Wildman–Crippen MR) is 70.5 cm³/mol. The molecule has 94 valence electrons. The largest absolute Gasteiger partial charge is 0.332 e. The topological polar surface area (TPSA) is 46.3 Å². The number of nitrogens with two attached hydrogens (primary N) is 1. The van der Waals surface area contributed by atoms with Crippen LogP contribution in [0.15, 0.2) is 30.3 Å². The molecule has 3 heteroatoms. The molecule has 0 fully saturated rings. The van der Waals surface area contributed by atoms with Gasteiger partial charge in [-0.05, 0) is 25.8 Å². The van der Waals surface area contributed by atoms with Crippen LogP contribution in [0.4, 0.5) is 0 Å². The van der Waals surface area contributed by atoms with Gasteiger partial charge in [0.1, 0.15) is 0 Å². The summed E-state index contributed by atoms with van der Waals surface area (Å²) < 4.78 is 0. The first kappa shape index (κ1) is 13.7. The molecule has 0 radical (unpaired) electrons. The van der Waals surface area contributed by atoms with E-state index in [0.717, 1.165) is 6.42 Å². The minimum Gasteiger partial charge on any atom is -0.332 e. The molecule has 0 aliphatic rings. The minimum atomic E-state index is 0.00991. The molecule has 0 saturated carbocycles. The molecule has 1 aromatic rings. The van der Waals surface area contributed by atoms with Crippen molar-refractivity contribution in [3.8, 4) is 0 Å². The summed E-state index contributed by atoms with van der Waals surface area (Å²) in [6, 6.07) is 10.4. The fraction of sp³-hybridized carbons (Fsp3) is 0.500. The number of nitrogens with zero attached hydrogens (tertiary/aromatic N) is 1. The number of rotatable bonds is 5. The summed E-state index contributed by atoms with van der Waals surface area (Å²) in [5, 5.41) is 0. The fourth-order valence-electron chi connectivity index (χ4n) is 2.20. The Balaban J connectivity index is 3.02. The van der Waals surface area contributed by atoms with Gasteiger partial charge in [0.05, 0.1) is 12.6 Å². The van der Waals surface area contributed by atoms with Gasteiger partial charge in [-0.3, -0.25) is 4.79 Å². The molecule has 17 heavy (non-hydrogen) atoms. The molecule has 0 bridgehead atoms. The molecule has 1 unspecified atom stereocenters. The van der Waals surface area contributed by atoms with Crippen LogP contribution in [-0.2, 0) is 4.79 Å². The number of carbonyl (C=O) groups excluding carboxylic acids is 1. The molecule has 0 aliphatic heterocycles. The Morgan fingerprint density at radius 1 is 1.29 bits per heavy atom. The fourth-order valence-corrected chi connectivity index (χ4v) is 2.20. The van der Waals surface area contributed by atoms with Crippen molar-refractivity contribution in [3.63, 3.8) is 0 Å². The molecule has 1 atom stereocenters. The van der Waals surface area contributed by atoms with Gasteiger partial charge in [-0.25, -0.2) is 0 Å². The molecular weight excluding hydrogens is 212 g/mol. The van der Waals surface area contributed by atoms with E-state index in [-0.39, 0.29) is 24.5 Å². The first-order valence-electron chi connectivity index (χ1n) is 6.18. The first-order valence-corrected chi connectivity index (χ1v) is 6.18. The Kier molecular flexibility index (Phi) is 5.16. The summed E-state index contributed by atoms with van der Waals surface area (Å²) in [4.78, 5) is 13.8. The van der Waals surface area contributed by atoms with Gasteiger partial charge in [-0.2, -0.15) is 0 Å². The maximum Gasteiger partial charge on any atom is 0.237 e. The Hall–Kier alpha value is -1.35. The lowest BCUT2D eigenvalue weighted by Gasteiger charge is -2.34. The van der Waals surface area contributed by atoms with E-state index in [0.29, 0.717) is 0 Å². The van der Waals surface area contributed by atoms with Crippen molar-refractivity contribution < 1.29 is 4.79 Å². The molecule has 1 amide bonds. The van der Waals surface area contributed by atoms with Crippen molar-refractivity contribution in [2.75, 3.05) is 6.54 Å². The molecule has 2 N–H and O–H groups in total. The molecule has 0 saturated heterocycles. The monoisotopic (exact) mass is 234 g/mol. The first-order chi connectivity index (χ1) is 8.11. The Labute approximate surface area is 104 Å². The average Bonchev–Trinajstić information content (AvgIpc) is 2.35. The van der Waals surface area contributed by atoms with Crippen LogP contribution in [0.25, 0.3) is 0 Å². The van der Waals surface area contributed by atoms with Gasteiger partial charge in [0.15, 0.2) is 0 Å². The van der Waals surface area contributed by atoms with E-state index in [1.807, 2.05) is 36.9 Å². The second-order valence-electron chi connectivity index (χ2n) is 4.43. The lowest BCUT2D eigenvalue weighted by atomic mass is 10.0. The Morgan fingerprint density at radius 3 is 2.29 bits per heavy atom. The quantitative estimate of drug-likeness (QED) is 0.850. The third-order valence-electron chi connectivity index (χ3n) is 2.93. The Morgan fingerprint density at radius 2 is 1.88 bits per heavy atom. The summed E-state index contributed by atoms with van der Waals surface area (Å²) in [5.74, 6) is 0.00991. The predicted octanol–water partition coefficient (Wildman–Crippen LogP) is 2.33. The van der Waals surface area contributed by atoms with Crippen molar-refractivity contribution in [3.05, 3.63) is 35.9 Å². The van der Waals surface area contributed by atoms with Crippen molar-refractivity contribution in [1.29, 1.82) is 0 Å². The van der Waals surface area contributed by atoms with Gasteiger partial charge in [0, 0.05) is 6.04 Å². The zero-order valence-corrected chi connectivity index (χ0v) is 10.9. The highest BCUT2D eigenvalue weighted by Gasteiger charge is 2.24. The summed E-state index contributed by atoms with van der Waals surface area (Å²) in [7, 11) is 0. The summed E-state index contributed by atoms with van der Waals surface area (Å²) in [6.45, 7) is 6.22. The number of benzene rings is 1. The molecule has 1 rings (SSSR count). The lowest BCUT2D eigenvalue weighted by Crippen LogP contribution is -2.43. The number of carbonyl (C=O) groups is 1. The van der Waals surface area contributed by atoms with Crippen molar-refractivity contribution in [2.24, 2.45) is 5.73 Å². The second-order valence-corrected chi connectivity index (χ2v) is 4.43. The summed E-state index contributed by atoms with van der Waals surface area (Å²) in [5.41, 5.74) is 6.66. The zero-order valence-electron chi connectivity index (χ0n) is 10.9. The van der Waals surface area contributed by atoms with E-state index in [1.165, 1.54) is 5.56 Å². The maximum absolute atomic E-state index is 11.9. The van der Waals surface area contributed by atoms with Gasteiger partial charge in [-0.1, -0.05) is 37.3 Å². The van der Waals surface area contributed by atoms with Crippen LogP contribution in [0.3, 0.4) is 0 Å². The van der Waals surface area contributed by atoms with Crippen LogP contribution >= 0.6 is 0 Å². The number of hydrogen-bond donors (Lipinski definition) is 1. The minimum absolute atomic E-state index is 0.00991. The molecule has 3 nitrogen and oxygen atoms in total. The van der Waals surface area contributed by atoms with Gasteiger partial charge in [0.2, 0.25) is 5.91 Å². The second kappa shape index (κ2) is 6.40. The van der Waals surface area contributed by atoms with E-state index in [9.17, 15) is 4.79 Å². The molecule has 0 aromatic heterocycles. The van der Waals surface area contributed by atoms with E-state index in [2.05, 4.69) is 19.1 Å². The Bertz CT molecular complexity index is 348. The van der Waals surface area contributed by atoms with Crippen LogP contribution in [0, 0.1) is 0 Å². The van der Waals surface area contributed by atoms with Crippen molar-refractivity contribution in [1.82, 2.24) is 4.90 Å². The van der Waals surface area contributed by atoms with Crippen molar-refractivity contribution >= 4 is 5.91 Å². The zero-order chi connectivity index (χ0) is 12.8. The highest BCUT2D eigenvalue weighted by atomic mass is 16.2. The molecule has 0 spiro atoms. The van der Waals surface area contributed by atoms with Crippen LogP contribution in [0.5, 0.6) is 0 Å². The average molecular weight is 234 g/mol. The van der Waals surface area contributed by atoms with Crippen LogP contribution in [-0.4, -0.2) is 23.4 Å². The van der Waals surface area contributed by atoms with Gasteiger partial charge >= 0.3 is 0 Å². The maximum atomic E-state index is 11.9. The van der Waals surface area contributed by atoms with Crippen LogP contribution < -0.4 is 5.73 Å². The van der Waals surface area contributed by atoms with Crippen LogP contribution in [0.2, 0.25) is 0 Å². The van der Waals surface area contributed by atoms with Crippen molar-refractivity contribution in [2.45, 2.75) is 39.3 Å². The number of hydrogen-bond acceptors (Lipinski definition) is 2. The standard InChI is InChI=1S/C14H22N2O/c1-4-13(12-8-6-5-7-9-12)16(11(2)3)14(17)10-15/h5-9,11,13H,4,10,15H2,1-3H3. The third-order valence-corrected chi connectivity index (χ3v) is 2.93. The number of amides is 1. The summed E-state index contributed by atoms with van der Waals surface area (Å²) >= 11 is 0. The highest BCUT2D eigenvalue weighted by molar-refractivity contribution is 5.78. The normalized spacial score (nSPS) is 12.5. The van der Waals surface area contributed by atoms with Crippen LogP contribution in [0.1, 0.15) is 38.8 Å². The lowest BCUT2D eigenvalue weighted by molar-refractivity contribution is -0.134. The van der Waals surface area contributed by atoms with E-state index in [4.69, 9.17) is 5.73 Å². The smallest absolute Gasteiger partial charge is 0.237 e. The third kappa shape index (κ3) is 3.30. The van der Waals surface area contributed by atoms with Gasteiger partial charge < -0.3 is 10.6 Å². The molecular formula is C14H22N2O. The van der Waals surface area contributed by atoms with E-state index >= 15 is 0 Å². The SMILES string of the molecule is CCC(c1ccccc1)N(C(=O)CN)C(C)C. The van der Waals surface area contributed by atoms with E-state index < -0.39 is 0 Å².